The lowest BCUT2D eigenvalue weighted by molar-refractivity contribution is -0.140. The number of aryl methyl sites for hydroxylation is 2. The summed E-state index contributed by atoms with van der Waals surface area (Å²) in [6.07, 6.45) is 7.29. The van der Waals surface area contributed by atoms with Crippen molar-refractivity contribution in [1.29, 1.82) is 0 Å². The number of rotatable bonds is 13. The minimum absolute atomic E-state index is 0.0585. The van der Waals surface area contributed by atoms with Crippen LogP contribution >= 0.6 is 0 Å². The molecule has 1 aromatic carbocycles. The van der Waals surface area contributed by atoms with Gasteiger partial charge in [0.25, 0.3) is 0 Å². The first-order valence-electron chi connectivity index (χ1n) is 11.6. The summed E-state index contributed by atoms with van der Waals surface area (Å²) >= 11 is 0. The fraction of sp³-hybridized carbons (Fsp3) is 0.720. The molecular formula is C25H40O5. The smallest absolute Gasteiger partial charge is 0.305 e. The molecule has 1 aromatic rings. The molecule has 5 atom stereocenters. The van der Waals surface area contributed by atoms with E-state index in [0.29, 0.717) is 19.3 Å². The van der Waals surface area contributed by atoms with Gasteiger partial charge in [-0.3, -0.25) is 4.79 Å². The Morgan fingerprint density at radius 3 is 2.40 bits per heavy atom. The average Bonchev–Trinajstić information content (AvgIpc) is 3.00. The van der Waals surface area contributed by atoms with E-state index < -0.39 is 12.2 Å². The summed E-state index contributed by atoms with van der Waals surface area (Å²) in [7, 11) is 1.41. The summed E-state index contributed by atoms with van der Waals surface area (Å²) in [6, 6.07) is 8.27. The zero-order valence-corrected chi connectivity index (χ0v) is 18.6. The number of methoxy groups -OCH3 is 1. The number of ether oxygens (including phenoxy) is 1. The first kappa shape index (κ1) is 24.8. The maximum atomic E-state index is 11.1. The molecule has 170 valence electrons. The first-order chi connectivity index (χ1) is 14.4. The third-order valence-corrected chi connectivity index (χ3v) is 6.76. The zero-order valence-electron chi connectivity index (χ0n) is 18.6. The van der Waals surface area contributed by atoms with E-state index in [2.05, 4.69) is 23.8 Å². The van der Waals surface area contributed by atoms with Crippen molar-refractivity contribution in [2.45, 2.75) is 95.9 Å². The fourth-order valence-corrected chi connectivity index (χ4v) is 4.83. The van der Waals surface area contributed by atoms with E-state index >= 15 is 0 Å². The van der Waals surface area contributed by atoms with Gasteiger partial charge in [0.1, 0.15) is 0 Å². The van der Waals surface area contributed by atoms with Gasteiger partial charge in [0.15, 0.2) is 0 Å². The van der Waals surface area contributed by atoms with Crippen LogP contribution in [0.15, 0.2) is 24.3 Å². The van der Waals surface area contributed by atoms with E-state index in [4.69, 9.17) is 0 Å². The SMILES string of the molecule is COC(=O)CCCCCCC1C(O)CC(O)C1CCC(O)CCc1ccccc1C. The molecule has 0 radical (unpaired) electrons. The summed E-state index contributed by atoms with van der Waals surface area (Å²) in [4.78, 5) is 11.1. The number of aliphatic hydroxyl groups excluding tert-OH is 3. The fourth-order valence-electron chi connectivity index (χ4n) is 4.83. The van der Waals surface area contributed by atoms with Gasteiger partial charge in [-0.1, -0.05) is 43.5 Å². The van der Waals surface area contributed by atoms with Crippen LogP contribution in [0.5, 0.6) is 0 Å². The number of aliphatic hydroxyl groups is 3. The Morgan fingerprint density at radius 2 is 1.70 bits per heavy atom. The molecule has 1 aliphatic rings. The van der Waals surface area contributed by atoms with Gasteiger partial charge < -0.3 is 20.1 Å². The van der Waals surface area contributed by atoms with Gasteiger partial charge in [0.05, 0.1) is 25.4 Å². The lowest BCUT2D eigenvalue weighted by Crippen LogP contribution is -2.24. The van der Waals surface area contributed by atoms with Crippen LogP contribution in [0, 0.1) is 18.8 Å². The second-order valence-corrected chi connectivity index (χ2v) is 8.92. The number of esters is 1. The van der Waals surface area contributed by atoms with Crippen LogP contribution in [0.25, 0.3) is 0 Å². The van der Waals surface area contributed by atoms with E-state index in [9.17, 15) is 20.1 Å². The molecule has 5 heteroatoms. The van der Waals surface area contributed by atoms with Crippen LogP contribution < -0.4 is 0 Å². The highest BCUT2D eigenvalue weighted by atomic mass is 16.5. The second kappa shape index (κ2) is 13.1. The van der Waals surface area contributed by atoms with Crippen molar-refractivity contribution in [3.63, 3.8) is 0 Å². The van der Waals surface area contributed by atoms with Crippen LogP contribution in [0.1, 0.15) is 75.3 Å². The quantitative estimate of drug-likeness (QED) is 0.332. The molecule has 1 saturated carbocycles. The van der Waals surface area contributed by atoms with Gasteiger partial charge in [0.2, 0.25) is 0 Å². The number of carbonyl (C=O) groups excluding carboxylic acids is 1. The third kappa shape index (κ3) is 8.01. The monoisotopic (exact) mass is 420 g/mol. The Labute approximate surface area is 181 Å². The summed E-state index contributed by atoms with van der Waals surface area (Å²) in [6.45, 7) is 2.10. The molecule has 30 heavy (non-hydrogen) atoms. The lowest BCUT2D eigenvalue weighted by Gasteiger charge is -2.24. The van der Waals surface area contributed by atoms with Crippen LogP contribution in [0.3, 0.4) is 0 Å². The minimum Gasteiger partial charge on any atom is -0.469 e. The van der Waals surface area contributed by atoms with Crippen molar-refractivity contribution in [3.8, 4) is 0 Å². The molecule has 3 N–H and O–H groups in total. The molecular weight excluding hydrogens is 380 g/mol. The summed E-state index contributed by atoms with van der Waals surface area (Å²) < 4.78 is 4.65. The van der Waals surface area contributed by atoms with Crippen LogP contribution in [-0.4, -0.2) is 46.7 Å². The van der Waals surface area contributed by atoms with Crippen LogP contribution in [0.4, 0.5) is 0 Å². The molecule has 0 heterocycles. The molecule has 2 rings (SSSR count). The first-order valence-corrected chi connectivity index (χ1v) is 11.6. The van der Waals surface area contributed by atoms with E-state index in [1.165, 1.54) is 18.2 Å². The highest BCUT2D eigenvalue weighted by Gasteiger charge is 2.40. The molecule has 0 amide bonds. The molecule has 1 aliphatic carbocycles. The van der Waals surface area contributed by atoms with Crippen molar-refractivity contribution >= 4 is 5.97 Å². The van der Waals surface area contributed by atoms with Crippen LogP contribution in [0.2, 0.25) is 0 Å². The van der Waals surface area contributed by atoms with Crippen molar-refractivity contribution in [3.05, 3.63) is 35.4 Å². The number of unbranched alkanes of at least 4 members (excludes halogenated alkanes) is 3. The highest BCUT2D eigenvalue weighted by molar-refractivity contribution is 5.68. The standard InChI is InChI=1S/C25H40O5/c1-18-9-7-8-10-19(18)13-14-20(26)15-16-22-21(23(27)17-24(22)28)11-5-3-4-6-12-25(29)30-2/h7-10,20-24,26-28H,3-6,11-17H2,1-2H3. The van der Waals surface area contributed by atoms with Crippen LogP contribution in [-0.2, 0) is 16.0 Å². The maximum absolute atomic E-state index is 11.1. The number of carbonyl (C=O) groups is 1. The number of benzene rings is 1. The van der Waals surface area contributed by atoms with Crippen molar-refractivity contribution < 1.29 is 24.9 Å². The topological polar surface area (TPSA) is 87.0 Å². The summed E-state index contributed by atoms with van der Waals surface area (Å²) in [5.74, 6) is -0.00209. The van der Waals surface area contributed by atoms with Gasteiger partial charge in [-0.2, -0.15) is 0 Å². The average molecular weight is 421 g/mol. The van der Waals surface area contributed by atoms with Crippen molar-refractivity contribution in [1.82, 2.24) is 0 Å². The Kier molecular flexibility index (Phi) is 10.8. The molecule has 5 nitrogen and oxygen atoms in total. The highest BCUT2D eigenvalue weighted by Crippen LogP contribution is 2.39. The number of hydrogen-bond donors (Lipinski definition) is 3. The Hall–Kier alpha value is -1.43. The molecule has 0 spiro atoms. The van der Waals surface area contributed by atoms with Gasteiger partial charge in [-0.05, 0) is 74.8 Å². The van der Waals surface area contributed by atoms with E-state index in [0.717, 1.165) is 51.4 Å². The lowest BCUT2D eigenvalue weighted by atomic mass is 9.84. The maximum Gasteiger partial charge on any atom is 0.305 e. The molecule has 0 aliphatic heterocycles. The van der Waals surface area contributed by atoms with Gasteiger partial charge in [-0.25, -0.2) is 0 Å². The molecule has 0 aromatic heterocycles. The predicted molar refractivity (Wildman–Crippen MR) is 118 cm³/mol. The second-order valence-electron chi connectivity index (χ2n) is 8.92. The van der Waals surface area contributed by atoms with E-state index in [1.54, 1.807) is 0 Å². The molecule has 1 fully saturated rings. The Morgan fingerprint density at radius 1 is 1.03 bits per heavy atom. The predicted octanol–water partition coefficient (Wildman–Crippen LogP) is 3.94. The van der Waals surface area contributed by atoms with Crippen molar-refractivity contribution in [2.24, 2.45) is 11.8 Å². The van der Waals surface area contributed by atoms with Gasteiger partial charge >= 0.3 is 5.97 Å². The Bertz CT molecular complexity index is 632. The molecule has 0 saturated heterocycles. The Balaban J connectivity index is 1.70. The molecule has 5 unspecified atom stereocenters. The normalized spacial score (nSPS) is 24.7. The third-order valence-electron chi connectivity index (χ3n) is 6.76. The molecule has 0 bridgehead atoms. The van der Waals surface area contributed by atoms with Gasteiger partial charge in [0, 0.05) is 6.42 Å². The minimum atomic E-state index is -0.479. The van der Waals surface area contributed by atoms with Crippen molar-refractivity contribution in [2.75, 3.05) is 7.11 Å². The van der Waals surface area contributed by atoms with E-state index in [-0.39, 0.29) is 23.9 Å². The summed E-state index contributed by atoms with van der Waals surface area (Å²) in [5.41, 5.74) is 2.53. The summed E-state index contributed by atoms with van der Waals surface area (Å²) in [5, 5.41) is 31.3. The van der Waals surface area contributed by atoms with E-state index in [1.807, 2.05) is 12.1 Å². The number of hydrogen-bond acceptors (Lipinski definition) is 5. The largest absolute Gasteiger partial charge is 0.469 e. The zero-order chi connectivity index (χ0) is 21.9. The van der Waals surface area contributed by atoms with Gasteiger partial charge in [-0.15, -0.1) is 0 Å².